The molecule has 0 spiro atoms. The van der Waals surface area contributed by atoms with E-state index in [4.69, 9.17) is 4.42 Å². The van der Waals surface area contributed by atoms with Crippen LogP contribution in [0.3, 0.4) is 0 Å². The number of nitrogens with one attached hydrogen (secondary N) is 1. The van der Waals surface area contributed by atoms with Crippen LogP contribution in [0.15, 0.2) is 25.9 Å². The molecule has 0 aromatic carbocycles. The minimum absolute atomic E-state index is 0.614. The first-order chi connectivity index (χ1) is 9.12. The van der Waals surface area contributed by atoms with E-state index in [1.807, 2.05) is 33.1 Å². The summed E-state index contributed by atoms with van der Waals surface area (Å²) in [5.41, 5.74) is 0.911. The lowest BCUT2D eigenvalue weighted by Crippen LogP contribution is -2.01. The number of aryl methyl sites for hydroxylation is 2. The minimum Gasteiger partial charge on any atom is -0.436 e. The summed E-state index contributed by atoms with van der Waals surface area (Å²) in [7, 11) is 0. The lowest BCUT2D eigenvalue weighted by atomic mass is 10.4. The van der Waals surface area contributed by atoms with Crippen LogP contribution in [-0.4, -0.2) is 27.8 Å². The van der Waals surface area contributed by atoms with Crippen molar-refractivity contribution in [1.29, 1.82) is 0 Å². The third-order valence-corrected chi connectivity index (χ3v) is 3.74. The molecule has 0 fully saturated rings. The summed E-state index contributed by atoms with van der Waals surface area (Å²) in [5.74, 6) is 1.66. The highest BCUT2D eigenvalue weighted by molar-refractivity contribution is 7.99. The minimum atomic E-state index is 0.614. The molecule has 2 aromatic rings. The number of nitrogens with zero attached hydrogens (tertiary/aromatic N) is 3. The second-order valence-corrected chi connectivity index (χ2v) is 5.58. The van der Waals surface area contributed by atoms with Gasteiger partial charge >= 0.3 is 0 Å². The van der Waals surface area contributed by atoms with Gasteiger partial charge < -0.3 is 9.73 Å². The SMILES string of the molecule is CCNc1cc(Sc2nc(C)c(C)o2)nc(SC)n1. The van der Waals surface area contributed by atoms with Gasteiger partial charge in [-0.05, 0) is 38.8 Å². The van der Waals surface area contributed by atoms with Crippen molar-refractivity contribution in [2.24, 2.45) is 0 Å². The summed E-state index contributed by atoms with van der Waals surface area (Å²) in [4.78, 5) is 13.2. The molecule has 7 heteroatoms. The lowest BCUT2D eigenvalue weighted by molar-refractivity contribution is 0.431. The normalized spacial score (nSPS) is 10.7. The summed E-state index contributed by atoms with van der Waals surface area (Å²) in [6, 6.07) is 1.91. The molecule has 0 saturated carbocycles. The molecular formula is C12H16N4OS2. The van der Waals surface area contributed by atoms with Crippen LogP contribution in [0.5, 0.6) is 0 Å². The van der Waals surface area contributed by atoms with E-state index in [9.17, 15) is 0 Å². The summed E-state index contributed by atoms with van der Waals surface area (Å²) in [6.07, 6.45) is 1.96. The van der Waals surface area contributed by atoms with Crippen LogP contribution in [-0.2, 0) is 0 Å². The maximum absolute atomic E-state index is 5.56. The van der Waals surface area contributed by atoms with E-state index >= 15 is 0 Å². The number of anilines is 1. The largest absolute Gasteiger partial charge is 0.436 e. The highest BCUT2D eigenvalue weighted by atomic mass is 32.2. The maximum atomic E-state index is 5.56. The van der Waals surface area contributed by atoms with Crippen molar-refractivity contribution in [2.75, 3.05) is 18.1 Å². The zero-order valence-electron chi connectivity index (χ0n) is 11.4. The molecule has 0 aliphatic carbocycles. The average Bonchev–Trinajstić information content (AvgIpc) is 2.68. The van der Waals surface area contributed by atoms with E-state index < -0.39 is 0 Å². The molecular weight excluding hydrogens is 280 g/mol. The Morgan fingerprint density at radius 2 is 2.05 bits per heavy atom. The standard InChI is InChI=1S/C12H16N4OS2/c1-5-13-9-6-10(16-11(15-9)18-4)19-12-14-7(2)8(3)17-12/h6H,5H2,1-4H3,(H,13,15,16). The fourth-order valence-electron chi connectivity index (χ4n) is 1.40. The molecule has 0 aliphatic heterocycles. The van der Waals surface area contributed by atoms with Gasteiger partial charge in [0.25, 0.3) is 5.22 Å². The van der Waals surface area contributed by atoms with Crippen molar-refractivity contribution in [1.82, 2.24) is 15.0 Å². The van der Waals surface area contributed by atoms with Gasteiger partial charge in [-0.2, -0.15) is 0 Å². The Bertz CT molecular complexity index is 551. The molecule has 0 bridgehead atoms. The number of rotatable bonds is 5. The average molecular weight is 296 g/mol. The lowest BCUT2D eigenvalue weighted by Gasteiger charge is -2.05. The molecule has 2 rings (SSSR count). The predicted octanol–water partition coefficient (Wildman–Crippen LogP) is 3.39. The number of oxazole rings is 1. The molecule has 0 unspecified atom stereocenters. The van der Waals surface area contributed by atoms with Gasteiger partial charge in [-0.1, -0.05) is 11.8 Å². The summed E-state index contributed by atoms with van der Waals surface area (Å²) in [5, 5.41) is 5.38. The van der Waals surface area contributed by atoms with Crippen molar-refractivity contribution in [3.05, 3.63) is 17.5 Å². The molecule has 0 radical (unpaired) electrons. The third kappa shape index (κ3) is 3.63. The molecule has 19 heavy (non-hydrogen) atoms. The molecule has 2 aromatic heterocycles. The van der Waals surface area contributed by atoms with E-state index in [1.54, 1.807) is 0 Å². The van der Waals surface area contributed by atoms with Gasteiger partial charge in [-0.15, -0.1) is 0 Å². The zero-order valence-corrected chi connectivity index (χ0v) is 13.0. The van der Waals surface area contributed by atoms with Crippen LogP contribution in [0.2, 0.25) is 0 Å². The van der Waals surface area contributed by atoms with Gasteiger partial charge in [0.15, 0.2) is 5.16 Å². The Hall–Kier alpha value is -1.21. The quantitative estimate of drug-likeness (QED) is 0.515. The predicted molar refractivity (Wildman–Crippen MR) is 78.1 cm³/mol. The van der Waals surface area contributed by atoms with Crippen molar-refractivity contribution in [3.8, 4) is 0 Å². The van der Waals surface area contributed by atoms with Gasteiger partial charge in [-0.3, -0.25) is 0 Å². The molecule has 0 amide bonds. The molecule has 0 atom stereocenters. The van der Waals surface area contributed by atoms with Crippen LogP contribution < -0.4 is 5.32 Å². The van der Waals surface area contributed by atoms with Gasteiger partial charge in [0.2, 0.25) is 0 Å². The van der Waals surface area contributed by atoms with E-state index in [0.717, 1.165) is 34.0 Å². The van der Waals surface area contributed by atoms with Crippen LogP contribution in [0, 0.1) is 13.8 Å². The smallest absolute Gasteiger partial charge is 0.262 e. The van der Waals surface area contributed by atoms with Crippen LogP contribution >= 0.6 is 23.5 Å². The first-order valence-electron chi connectivity index (χ1n) is 5.91. The van der Waals surface area contributed by atoms with Gasteiger partial charge in [0.05, 0.1) is 5.69 Å². The molecule has 102 valence electrons. The fourth-order valence-corrected chi connectivity index (χ4v) is 2.66. The second-order valence-electron chi connectivity index (χ2n) is 3.83. The topological polar surface area (TPSA) is 63.8 Å². The molecule has 0 saturated heterocycles. The molecule has 2 heterocycles. The van der Waals surface area contributed by atoms with Crippen molar-refractivity contribution in [3.63, 3.8) is 0 Å². The fraction of sp³-hybridized carbons (Fsp3) is 0.417. The van der Waals surface area contributed by atoms with E-state index in [0.29, 0.717) is 5.22 Å². The van der Waals surface area contributed by atoms with E-state index in [-0.39, 0.29) is 0 Å². The number of hydrogen-bond acceptors (Lipinski definition) is 7. The number of aromatic nitrogens is 3. The monoisotopic (exact) mass is 296 g/mol. The number of thioether (sulfide) groups is 1. The second kappa shape index (κ2) is 6.29. The Morgan fingerprint density at radius 3 is 2.63 bits per heavy atom. The first kappa shape index (κ1) is 14.2. The van der Waals surface area contributed by atoms with Gasteiger partial charge in [-0.25, -0.2) is 15.0 Å². The molecule has 5 nitrogen and oxygen atoms in total. The Balaban J connectivity index is 2.25. The third-order valence-electron chi connectivity index (χ3n) is 2.42. The van der Waals surface area contributed by atoms with Crippen molar-refractivity contribution < 1.29 is 4.42 Å². The molecule has 0 aliphatic rings. The summed E-state index contributed by atoms with van der Waals surface area (Å²) < 4.78 is 5.56. The van der Waals surface area contributed by atoms with E-state index in [1.165, 1.54) is 23.5 Å². The summed E-state index contributed by atoms with van der Waals surface area (Å²) >= 11 is 2.93. The summed E-state index contributed by atoms with van der Waals surface area (Å²) in [6.45, 7) is 6.70. The maximum Gasteiger partial charge on any atom is 0.262 e. The van der Waals surface area contributed by atoms with E-state index in [2.05, 4.69) is 20.3 Å². The first-order valence-corrected chi connectivity index (χ1v) is 7.95. The van der Waals surface area contributed by atoms with Crippen LogP contribution in [0.1, 0.15) is 18.4 Å². The van der Waals surface area contributed by atoms with Gasteiger partial charge in [0, 0.05) is 12.6 Å². The Kier molecular flexibility index (Phi) is 4.71. The zero-order chi connectivity index (χ0) is 13.8. The van der Waals surface area contributed by atoms with Crippen LogP contribution in [0.4, 0.5) is 5.82 Å². The van der Waals surface area contributed by atoms with Crippen molar-refractivity contribution >= 4 is 29.3 Å². The highest BCUT2D eigenvalue weighted by Gasteiger charge is 2.11. The van der Waals surface area contributed by atoms with Gasteiger partial charge in [0.1, 0.15) is 16.6 Å². The molecule has 1 N–H and O–H groups in total. The number of hydrogen-bond donors (Lipinski definition) is 1. The Morgan fingerprint density at radius 1 is 1.26 bits per heavy atom. The highest BCUT2D eigenvalue weighted by Crippen LogP contribution is 2.29. The Labute approximate surface area is 121 Å². The van der Waals surface area contributed by atoms with Crippen molar-refractivity contribution in [2.45, 2.75) is 36.2 Å². The van der Waals surface area contributed by atoms with Crippen LogP contribution in [0.25, 0.3) is 0 Å².